The van der Waals surface area contributed by atoms with Gasteiger partial charge < -0.3 is 5.32 Å². The molecule has 0 bridgehead atoms. The van der Waals surface area contributed by atoms with Gasteiger partial charge in [-0.2, -0.15) is 5.26 Å². The predicted octanol–water partition coefficient (Wildman–Crippen LogP) is 2.97. The van der Waals surface area contributed by atoms with E-state index in [-0.39, 0.29) is 6.42 Å². The second-order valence-electron chi connectivity index (χ2n) is 3.24. The van der Waals surface area contributed by atoms with E-state index in [2.05, 4.69) is 11.4 Å². The first kappa shape index (κ1) is 9.11. The number of para-hydroxylation sites is 1. The van der Waals surface area contributed by atoms with Crippen LogP contribution in [0, 0.1) is 11.3 Å². The van der Waals surface area contributed by atoms with Crippen molar-refractivity contribution in [2.75, 3.05) is 5.32 Å². The number of nitrogens with one attached hydrogen (secondary N) is 1. The summed E-state index contributed by atoms with van der Waals surface area (Å²) in [6.45, 7) is 0. The number of nitrogens with zero attached hydrogens (tertiary/aromatic N) is 1. The van der Waals surface area contributed by atoms with Gasteiger partial charge in [-0.15, -0.1) is 0 Å². The second kappa shape index (κ2) is 3.36. The molecule has 0 saturated carbocycles. The predicted molar refractivity (Wildman–Crippen MR) is 57.9 cm³/mol. The molecular formula is C11H9ClN2. The van der Waals surface area contributed by atoms with Gasteiger partial charge in [-0.25, -0.2) is 0 Å². The van der Waals surface area contributed by atoms with Crippen LogP contribution in [0.4, 0.5) is 5.69 Å². The molecule has 0 saturated heterocycles. The Labute approximate surface area is 87.8 Å². The van der Waals surface area contributed by atoms with Crippen LogP contribution in [0.5, 0.6) is 0 Å². The molecule has 3 heteroatoms. The van der Waals surface area contributed by atoms with Crippen LogP contribution in [0.1, 0.15) is 12.0 Å². The summed E-state index contributed by atoms with van der Waals surface area (Å²) >= 11 is 6.18. The summed E-state index contributed by atoms with van der Waals surface area (Å²) < 4.78 is 0. The zero-order valence-electron chi connectivity index (χ0n) is 7.50. The van der Waals surface area contributed by atoms with Gasteiger partial charge >= 0.3 is 0 Å². The number of rotatable bonds is 1. The number of halogens is 1. The standard InChI is InChI=1S/C11H9ClN2/c12-11(7-8-13)6-5-9-3-1-2-4-10(9)14-11/h1-6,14H,7H2. The normalized spacial score (nSPS) is 23.4. The van der Waals surface area contributed by atoms with E-state index in [1.807, 2.05) is 36.4 Å². The van der Waals surface area contributed by atoms with Crippen LogP contribution in [-0.2, 0) is 0 Å². The Kier molecular flexibility index (Phi) is 2.18. The van der Waals surface area contributed by atoms with Crippen molar-refractivity contribution in [3.05, 3.63) is 35.9 Å². The summed E-state index contributed by atoms with van der Waals surface area (Å²) in [4.78, 5) is -0.747. The van der Waals surface area contributed by atoms with Crippen molar-refractivity contribution in [2.24, 2.45) is 0 Å². The zero-order chi connectivity index (χ0) is 10.0. The maximum absolute atomic E-state index is 8.62. The quantitative estimate of drug-likeness (QED) is 0.564. The van der Waals surface area contributed by atoms with Gasteiger partial charge in [0.25, 0.3) is 0 Å². The van der Waals surface area contributed by atoms with Gasteiger partial charge in [0.15, 0.2) is 0 Å². The molecule has 1 heterocycles. The van der Waals surface area contributed by atoms with Crippen molar-refractivity contribution in [3.63, 3.8) is 0 Å². The average Bonchev–Trinajstić information content (AvgIpc) is 2.17. The van der Waals surface area contributed by atoms with E-state index in [0.717, 1.165) is 11.3 Å². The average molecular weight is 205 g/mol. The highest BCUT2D eigenvalue weighted by atomic mass is 35.5. The van der Waals surface area contributed by atoms with E-state index in [1.54, 1.807) is 0 Å². The van der Waals surface area contributed by atoms with Crippen LogP contribution in [0.25, 0.3) is 6.08 Å². The van der Waals surface area contributed by atoms with Gasteiger partial charge in [0, 0.05) is 5.69 Å². The van der Waals surface area contributed by atoms with Crippen molar-refractivity contribution in [1.82, 2.24) is 0 Å². The molecule has 14 heavy (non-hydrogen) atoms. The molecule has 1 aromatic rings. The van der Waals surface area contributed by atoms with Gasteiger partial charge in [-0.1, -0.05) is 35.9 Å². The number of benzene rings is 1. The summed E-state index contributed by atoms with van der Waals surface area (Å²) in [6.07, 6.45) is 4.01. The van der Waals surface area contributed by atoms with Crippen molar-refractivity contribution in [3.8, 4) is 6.07 Å². The first-order chi connectivity index (χ1) is 6.73. The molecule has 2 nitrogen and oxygen atoms in total. The van der Waals surface area contributed by atoms with Crippen molar-refractivity contribution in [2.45, 2.75) is 11.4 Å². The molecule has 70 valence electrons. The first-order valence-corrected chi connectivity index (χ1v) is 4.74. The van der Waals surface area contributed by atoms with Crippen molar-refractivity contribution < 1.29 is 0 Å². The molecule has 1 aromatic carbocycles. The molecule has 1 aliphatic heterocycles. The number of alkyl halides is 1. The lowest BCUT2D eigenvalue weighted by Crippen LogP contribution is -2.31. The Bertz CT molecular complexity index is 420. The Balaban J connectivity index is 2.34. The number of hydrogen-bond donors (Lipinski definition) is 1. The molecule has 1 unspecified atom stereocenters. The number of anilines is 1. The Morgan fingerprint density at radius 2 is 2.21 bits per heavy atom. The monoisotopic (exact) mass is 204 g/mol. The lowest BCUT2D eigenvalue weighted by molar-refractivity contribution is 0.815. The number of fused-ring (bicyclic) bond motifs is 1. The van der Waals surface area contributed by atoms with E-state index in [0.29, 0.717) is 0 Å². The molecule has 0 amide bonds. The number of nitriles is 1. The minimum atomic E-state index is -0.747. The van der Waals surface area contributed by atoms with Gasteiger partial charge in [0.1, 0.15) is 5.00 Å². The van der Waals surface area contributed by atoms with E-state index < -0.39 is 5.00 Å². The molecule has 0 fully saturated rings. The fraction of sp³-hybridized carbons (Fsp3) is 0.182. The third-order valence-electron chi connectivity index (χ3n) is 2.17. The lowest BCUT2D eigenvalue weighted by atomic mass is 10.0. The van der Waals surface area contributed by atoms with E-state index >= 15 is 0 Å². The van der Waals surface area contributed by atoms with Gasteiger partial charge in [0.2, 0.25) is 0 Å². The van der Waals surface area contributed by atoms with Crippen LogP contribution in [0.2, 0.25) is 0 Å². The SMILES string of the molecule is N#CCC1(Cl)C=Cc2ccccc2N1. The van der Waals surface area contributed by atoms with Crippen LogP contribution in [-0.4, -0.2) is 5.00 Å². The minimum Gasteiger partial charge on any atom is -0.362 e. The van der Waals surface area contributed by atoms with Crippen LogP contribution >= 0.6 is 11.6 Å². The second-order valence-corrected chi connectivity index (χ2v) is 3.92. The molecule has 0 spiro atoms. The highest BCUT2D eigenvalue weighted by Crippen LogP contribution is 2.32. The number of hydrogen-bond acceptors (Lipinski definition) is 2. The highest BCUT2D eigenvalue weighted by Gasteiger charge is 2.26. The molecule has 0 aliphatic carbocycles. The molecule has 1 N–H and O–H groups in total. The van der Waals surface area contributed by atoms with Crippen LogP contribution in [0.15, 0.2) is 30.3 Å². The lowest BCUT2D eigenvalue weighted by Gasteiger charge is -2.28. The maximum Gasteiger partial charge on any atom is 0.144 e. The summed E-state index contributed by atoms with van der Waals surface area (Å²) in [5.41, 5.74) is 2.07. The van der Waals surface area contributed by atoms with E-state index in [9.17, 15) is 0 Å². The minimum absolute atomic E-state index is 0.249. The Morgan fingerprint density at radius 3 is 3.00 bits per heavy atom. The summed E-state index contributed by atoms with van der Waals surface area (Å²) in [6, 6.07) is 9.92. The molecule has 0 aromatic heterocycles. The van der Waals surface area contributed by atoms with Crippen LogP contribution in [0.3, 0.4) is 0 Å². The molecule has 1 atom stereocenters. The fourth-order valence-electron chi connectivity index (χ4n) is 1.46. The Hall–Kier alpha value is -1.46. The van der Waals surface area contributed by atoms with Gasteiger partial charge in [-0.3, -0.25) is 0 Å². The first-order valence-electron chi connectivity index (χ1n) is 4.36. The Morgan fingerprint density at radius 1 is 1.43 bits per heavy atom. The topological polar surface area (TPSA) is 35.8 Å². The maximum atomic E-state index is 8.62. The van der Waals surface area contributed by atoms with Gasteiger partial charge in [0.05, 0.1) is 12.5 Å². The molecule has 2 rings (SSSR count). The summed E-state index contributed by atoms with van der Waals surface area (Å²) in [7, 11) is 0. The zero-order valence-corrected chi connectivity index (χ0v) is 8.25. The largest absolute Gasteiger partial charge is 0.362 e. The fourth-order valence-corrected chi connectivity index (χ4v) is 1.69. The smallest absolute Gasteiger partial charge is 0.144 e. The van der Waals surface area contributed by atoms with Crippen molar-refractivity contribution >= 4 is 23.4 Å². The van der Waals surface area contributed by atoms with Gasteiger partial charge in [-0.05, 0) is 17.7 Å². The highest BCUT2D eigenvalue weighted by molar-refractivity contribution is 6.27. The third kappa shape index (κ3) is 1.59. The third-order valence-corrected chi connectivity index (χ3v) is 2.52. The molecule has 0 radical (unpaired) electrons. The summed E-state index contributed by atoms with van der Waals surface area (Å²) in [5.74, 6) is 0. The summed E-state index contributed by atoms with van der Waals surface area (Å²) in [5, 5.41) is 11.8. The van der Waals surface area contributed by atoms with Crippen LogP contribution < -0.4 is 5.32 Å². The molecular weight excluding hydrogens is 196 g/mol. The van der Waals surface area contributed by atoms with E-state index in [1.165, 1.54) is 0 Å². The van der Waals surface area contributed by atoms with Crippen molar-refractivity contribution in [1.29, 1.82) is 5.26 Å². The van der Waals surface area contributed by atoms with E-state index in [4.69, 9.17) is 16.9 Å². The molecule has 1 aliphatic rings.